The van der Waals surface area contributed by atoms with E-state index in [1.54, 1.807) is 12.1 Å². The molecule has 1 heterocycles. The summed E-state index contributed by atoms with van der Waals surface area (Å²) in [6.07, 6.45) is 1.13. The van der Waals surface area contributed by atoms with Crippen LogP contribution in [0, 0.1) is 12.8 Å². The Morgan fingerprint density at radius 1 is 1.04 bits per heavy atom. The number of hydrogen-bond donors (Lipinski definition) is 0. The summed E-state index contributed by atoms with van der Waals surface area (Å²) in [4.78, 5) is 15.1. The molecule has 1 fully saturated rings. The highest BCUT2D eigenvalue weighted by atomic mass is 32.2. The van der Waals surface area contributed by atoms with E-state index in [0.29, 0.717) is 43.9 Å². The van der Waals surface area contributed by atoms with Gasteiger partial charge in [0.25, 0.3) is 0 Å². The number of rotatable bonds is 6. The van der Waals surface area contributed by atoms with Crippen LogP contribution in [-0.2, 0) is 21.4 Å². The average molecular weight is 401 g/mol. The second-order valence-corrected chi connectivity index (χ2v) is 9.27. The van der Waals surface area contributed by atoms with Crippen LogP contribution in [0.1, 0.15) is 30.9 Å². The molecule has 150 valence electrons. The predicted octanol–water partition coefficient (Wildman–Crippen LogP) is 3.44. The van der Waals surface area contributed by atoms with Gasteiger partial charge in [-0.1, -0.05) is 48.0 Å². The van der Waals surface area contributed by atoms with Crippen molar-refractivity contribution in [3.8, 4) is 0 Å². The van der Waals surface area contributed by atoms with Crippen LogP contribution in [0.25, 0.3) is 0 Å². The smallest absolute Gasteiger partial charge is 0.243 e. The molecule has 0 atom stereocenters. The summed E-state index contributed by atoms with van der Waals surface area (Å²) in [6, 6.07) is 16.9. The standard InChI is InChI=1S/C22H28N2O3S/c1-3-23(17-19-7-5-4-6-8-19)22(25)20-13-15-24(16-14-20)28(26,27)21-11-9-18(2)10-12-21/h4-12,20H,3,13-17H2,1-2H3. The fourth-order valence-corrected chi connectivity index (χ4v) is 5.08. The van der Waals surface area contributed by atoms with Crippen molar-refractivity contribution in [2.24, 2.45) is 5.92 Å². The second-order valence-electron chi connectivity index (χ2n) is 7.33. The number of nitrogens with zero attached hydrogens (tertiary/aromatic N) is 2. The molecule has 5 nitrogen and oxygen atoms in total. The maximum atomic E-state index is 13.0. The topological polar surface area (TPSA) is 57.7 Å². The minimum absolute atomic E-state index is 0.117. The minimum Gasteiger partial charge on any atom is -0.338 e. The Hall–Kier alpha value is -2.18. The van der Waals surface area contributed by atoms with Crippen LogP contribution in [0.2, 0.25) is 0 Å². The van der Waals surface area contributed by atoms with Gasteiger partial charge in [0.1, 0.15) is 0 Å². The van der Waals surface area contributed by atoms with Crippen LogP contribution < -0.4 is 0 Å². The van der Waals surface area contributed by atoms with Crippen LogP contribution in [-0.4, -0.2) is 43.2 Å². The van der Waals surface area contributed by atoms with E-state index < -0.39 is 10.0 Å². The molecule has 0 aromatic heterocycles. The lowest BCUT2D eigenvalue weighted by molar-refractivity contribution is -0.137. The van der Waals surface area contributed by atoms with E-state index in [1.807, 2.05) is 61.2 Å². The molecule has 2 aromatic rings. The zero-order valence-electron chi connectivity index (χ0n) is 16.5. The van der Waals surface area contributed by atoms with Crippen molar-refractivity contribution in [3.05, 3.63) is 65.7 Å². The van der Waals surface area contributed by atoms with Gasteiger partial charge in [0.05, 0.1) is 4.90 Å². The van der Waals surface area contributed by atoms with Crippen molar-refractivity contribution < 1.29 is 13.2 Å². The van der Waals surface area contributed by atoms with Crippen molar-refractivity contribution in [3.63, 3.8) is 0 Å². The summed E-state index contributed by atoms with van der Waals surface area (Å²) in [6.45, 7) is 5.93. The van der Waals surface area contributed by atoms with Gasteiger partial charge in [-0.05, 0) is 44.4 Å². The number of hydrogen-bond acceptors (Lipinski definition) is 3. The maximum absolute atomic E-state index is 13.0. The zero-order valence-corrected chi connectivity index (χ0v) is 17.4. The first kappa shape index (κ1) is 20.6. The highest BCUT2D eigenvalue weighted by Crippen LogP contribution is 2.25. The highest BCUT2D eigenvalue weighted by molar-refractivity contribution is 7.89. The third-order valence-corrected chi connectivity index (χ3v) is 7.28. The van der Waals surface area contributed by atoms with Gasteiger partial charge in [0, 0.05) is 32.1 Å². The van der Waals surface area contributed by atoms with Gasteiger partial charge in [-0.3, -0.25) is 4.79 Å². The van der Waals surface area contributed by atoms with Crippen molar-refractivity contribution in [1.82, 2.24) is 9.21 Å². The van der Waals surface area contributed by atoms with Crippen molar-refractivity contribution >= 4 is 15.9 Å². The first-order valence-electron chi connectivity index (χ1n) is 9.81. The van der Waals surface area contributed by atoms with Gasteiger partial charge in [-0.15, -0.1) is 0 Å². The molecule has 0 aliphatic carbocycles. The van der Waals surface area contributed by atoms with Crippen molar-refractivity contribution in [2.75, 3.05) is 19.6 Å². The van der Waals surface area contributed by atoms with E-state index in [2.05, 4.69) is 0 Å². The van der Waals surface area contributed by atoms with Gasteiger partial charge in [0.15, 0.2) is 0 Å². The Morgan fingerprint density at radius 2 is 1.64 bits per heavy atom. The summed E-state index contributed by atoms with van der Waals surface area (Å²) in [5.74, 6) is 0.00636. The molecule has 1 aliphatic rings. The molecule has 0 unspecified atom stereocenters. The number of aryl methyl sites for hydroxylation is 1. The van der Waals surface area contributed by atoms with Gasteiger partial charge in [-0.2, -0.15) is 4.31 Å². The minimum atomic E-state index is -3.49. The molecule has 6 heteroatoms. The van der Waals surface area contributed by atoms with Gasteiger partial charge in [-0.25, -0.2) is 8.42 Å². The second kappa shape index (κ2) is 8.88. The Morgan fingerprint density at radius 3 is 2.21 bits per heavy atom. The SMILES string of the molecule is CCN(Cc1ccccc1)C(=O)C1CCN(S(=O)(=O)c2ccc(C)cc2)CC1. The number of sulfonamides is 1. The van der Waals surface area contributed by atoms with Crippen LogP contribution in [0.15, 0.2) is 59.5 Å². The van der Waals surface area contributed by atoms with E-state index >= 15 is 0 Å². The molecule has 2 aromatic carbocycles. The number of carbonyl (C=O) groups excluding carboxylic acids is 1. The highest BCUT2D eigenvalue weighted by Gasteiger charge is 2.33. The third-order valence-electron chi connectivity index (χ3n) is 5.37. The Labute approximate surface area is 168 Å². The summed E-state index contributed by atoms with van der Waals surface area (Å²) in [5.41, 5.74) is 2.14. The monoisotopic (exact) mass is 400 g/mol. The fraction of sp³-hybridized carbons (Fsp3) is 0.409. The molecule has 3 rings (SSSR count). The first-order valence-corrected chi connectivity index (χ1v) is 11.3. The predicted molar refractivity (Wildman–Crippen MR) is 110 cm³/mol. The van der Waals surface area contributed by atoms with Crippen molar-refractivity contribution in [1.29, 1.82) is 0 Å². The Kier molecular flexibility index (Phi) is 6.52. The molecule has 0 N–H and O–H groups in total. The first-order chi connectivity index (χ1) is 13.4. The molecule has 0 radical (unpaired) electrons. The largest absolute Gasteiger partial charge is 0.338 e. The molecule has 0 bridgehead atoms. The maximum Gasteiger partial charge on any atom is 0.243 e. The summed E-state index contributed by atoms with van der Waals surface area (Å²) in [7, 11) is -3.49. The van der Waals surface area contributed by atoms with E-state index in [9.17, 15) is 13.2 Å². The molecule has 1 aliphatic heterocycles. The zero-order chi connectivity index (χ0) is 20.1. The Balaban J connectivity index is 1.62. The number of amides is 1. The van der Waals surface area contributed by atoms with E-state index in [-0.39, 0.29) is 11.8 Å². The molecular weight excluding hydrogens is 372 g/mol. The van der Waals surface area contributed by atoms with Crippen LogP contribution >= 0.6 is 0 Å². The third kappa shape index (κ3) is 4.62. The van der Waals surface area contributed by atoms with Gasteiger partial charge in [0.2, 0.25) is 15.9 Å². The van der Waals surface area contributed by atoms with Gasteiger partial charge < -0.3 is 4.90 Å². The molecular formula is C22H28N2O3S. The molecule has 0 spiro atoms. The summed E-state index contributed by atoms with van der Waals surface area (Å²) in [5, 5.41) is 0. The molecule has 28 heavy (non-hydrogen) atoms. The lowest BCUT2D eigenvalue weighted by atomic mass is 9.96. The van der Waals surface area contributed by atoms with E-state index in [4.69, 9.17) is 0 Å². The summed E-state index contributed by atoms with van der Waals surface area (Å²) >= 11 is 0. The molecule has 1 amide bonds. The lowest BCUT2D eigenvalue weighted by Crippen LogP contribution is -2.44. The van der Waals surface area contributed by atoms with Crippen LogP contribution in [0.5, 0.6) is 0 Å². The van der Waals surface area contributed by atoms with Crippen LogP contribution in [0.3, 0.4) is 0 Å². The molecule has 0 saturated carbocycles. The van der Waals surface area contributed by atoms with Gasteiger partial charge >= 0.3 is 0 Å². The van der Waals surface area contributed by atoms with E-state index in [0.717, 1.165) is 11.1 Å². The fourth-order valence-electron chi connectivity index (χ4n) is 3.61. The lowest BCUT2D eigenvalue weighted by Gasteiger charge is -2.33. The number of benzene rings is 2. The molecule has 1 saturated heterocycles. The number of piperidine rings is 1. The quantitative estimate of drug-likeness (QED) is 0.746. The normalized spacial score (nSPS) is 16.1. The summed E-state index contributed by atoms with van der Waals surface area (Å²) < 4.78 is 27.2. The Bertz CT molecular complexity index is 887. The number of carbonyl (C=O) groups is 1. The average Bonchev–Trinajstić information content (AvgIpc) is 2.72. The van der Waals surface area contributed by atoms with Crippen LogP contribution in [0.4, 0.5) is 0 Å². The van der Waals surface area contributed by atoms with E-state index in [1.165, 1.54) is 4.31 Å². The van der Waals surface area contributed by atoms with Crippen molar-refractivity contribution in [2.45, 2.75) is 38.1 Å².